The highest BCUT2D eigenvalue weighted by Crippen LogP contribution is 2.29. The topological polar surface area (TPSA) is 57.8 Å². The van der Waals surface area contributed by atoms with Gasteiger partial charge in [-0.2, -0.15) is 0 Å². The summed E-state index contributed by atoms with van der Waals surface area (Å²) < 4.78 is 10.6. The molecule has 0 radical (unpaired) electrons. The molecule has 1 aromatic heterocycles. The summed E-state index contributed by atoms with van der Waals surface area (Å²) in [5, 5.41) is 1.38. The van der Waals surface area contributed by atoms with Crippen molar-refractivity contribution in [2.24, 2.45) is 5.92 Å². The Morgan fingerprint density at radius 1 is 1.03 bits per heavy atom. The number of nitrogens with zero attached hydrogens (tertiary/aromatic N) is 2. The maximum atomic E-state index is 13.1. The molecule has 6 heteroatoms. The minimum Gasteiger partial charge on any atom is -0.497 e. The fourth-order valence-corrected chi connectivity index (χ4v) is 5.20. The largest absolute Gasteiger partial charge is 0.497 e. The molecule has 0 spiro atoms. The van der Waals surface area contributed by atoms with Gasteiger partial charge in [-0.1, -0.05) is 18.2 Å². The van der Waals surface area contributed by atoms with Crippen LogP contribution in [0.25, 0.3) is 10.9 Å². The first-order valence-electron chi connectivity index (χ1n) is 11.5. The molecular weight excluding hydrogens is 402 g/mol. The summed E-state index contributed by atoms with van der Waals surface area (Å²) in [7, 11) is 3.21. The number of hydrogen-bond donors (Lipinski definition) is 1. The van der Waals surface area contributed by atoms with Crippen LogP contribution < -0.4 is 9.47 Å². The molecule has 3 heterocycles. The molecule has 5 rings (SSSR count). The number of H-pyrrole nitrogens is 1. The molecule has 2 aliphatic heterocycles. The number of methoxy groups -OCH3 is 2. The van der Waals surface area contributed by atoms with Crippen molar-refractivity contribution in [2.75, 3.05) is 40.4 Å². The van der Waals surface area contributed by atoms with E-state index >= 15 is 0 Å². The van der Waals surface area contributed by atoms with E-state index in [0.29, 0.717) is 23.0 Å². The van der Waals surface area contributed by atoms with E-state index < -0.39 is 0 Å². The Bertz CT molecular complexity index is 1090. The van der Waals surface area contributed by atoms with Crippen molar-refractivity contribution in [1.82, 2.24) is 14.8 Å². The number of para-hydroxylation sites is 1. The van der Waals surface area contributed by atoms with E-state index in [4.69, 9.17) is 9.47 Å². The van der Waals surface area contributed by atoms with Gasteiger partial charge in [-0.15, -0.1) is 0 Å². The van der Waals surface area contributed by atoms with Crippen LogP contribution in [0.1, 0.15) is 34.5 Å². The van der Waals surface area contributed by atoms with Gasteiger partial charge < -0.3 is 19.4 Å². The standard InChI is InChI=1S/C26H31N3O3/c1-31-20-13-19(14-21(15-20)32-2)26(30)29-11-7-18(8-12-29)16-28-10-9-23-22-5-3-4-6-24(22)27-25(23)17-28/h3-6,13-15,18,27H,7-12,16-17H2,1-2H3. The molecule has 3 aromatic rings. The van der Waals surface area contributed by atoms with Gasteiger partial charge in [0.05, 0.1) is 14.2 Å². The Kier molecular flexibility index (Phi) is 5.79. The summed E-state index contributed by atoms with van der Waals surface area (Å²) in [4.78, 5) is 21.2. The van der Waals surface area contributed by atoms with Crippen LogP contribution in [-0.4, -0.2) is 61.1 Å². The zero-order valence-corrected chi connectivity index (χ0v) is 18.9. The number of nitrogens with one attached hydrogen (secondary N) is 1. The lowest BCUT2D eigenvalue weighted by molar-refractivity contribution is 0.0662. The summed E-state index contributed by atoms with van der Waals surface area (Å²) >= 11 is 0. The van der Waals surface area contributed by atoms with Crippen molar-refractivity contribution in [2.45, 2.75) is 25.8 Å². The van der Waals surface area contributed by atoms with Gasteiger partial charge in [0.2, 0.25) is 0 Å². The third kappa shape index (κ3) is 4.07. The molecule has 1 amide bonds. The van der Waals surface area contributed by atoms with E-state index in [1.807, 2.05) is 4.90 Å². The average molecular weight is 434 g/mol. The number of amides is 1. The van der Waals surface area contributed by atoms with Crippen LogP contribution in [0.15, 0.2) is 42.5 Å². The van der Waals surface area contributed by atoms with E-state index in [9.17, 15) is 4.79 Å². The van der Waals surface area contributed by atoms with Crippen molar-refractivity contribution in [3.8, 4) is 11.5 Å². The number of rotatable bonds is 5. The normalized spacial score (nSPS) is 17.4. The number of carbonyl (C=O) groups is 1. The molecule has 1 saturated heterocycles. The van der Waals surface area contributed by atoms with E-state index in [2.05, 4.69) is 34.1 Å². The van der Waals surface area contributed by atoms with Crippen molar-refractivity contribution >= 4 is 16.8 Å². The maximum Gasteiger partial charge on any atom is 0.254 e. The average Bonchev–Trinajstić information content (AvgIpc) is 3.21. The van der Waals surface area contributed by atoms with Gasteiger partial charge in [-0.05, 0) is 48.9 Å². The van der Waals surface area contributed by atoms with Crippen molar-refractivity contribution in [3.05, 3.63) is 59.3 Å². The smallest absolute Gasteiger partial charge is 0.254 e. The zero-order valence-electron chi connectivity index (χ0n) is 18.9. The number of aromatic amines is 1. The first kappa shape index (κ1) is 20.9. The molecule has 0 aliphatic carbocycles. The van der Waals surface area contributed by atoms with Crippen LogP contribution in [0, 0.1) is 5.92 Å². The second-order valence-electron chi connectivity index (χ2n) is 8.95. The van der Waals surface area contributed by atoms with Crippen LogP contribution >= 0.6 is 0 Å². The lowest BCUT2D eigenvalue weighted by Gasteiger charge is -2.36. The van der Waals surface area contributed by atoms with Gasteiger partial charge >= 0.3 is 0 Å². The maximum absolute atomic E-state index is 13.1. The Balaban J connectivity index is 1.18. The van der Waals surface area contributed by atoms with Crippen LogP contribution in [0.2, 0.25) is 0 Å². The highest BCUT2D eigenvalue weighted by Gasteiger charge is 2.27. The number of fused-ring (bicyclic) bond motifs is 3. The zero-order chi connectivity index (χ0) is 22.1. The van der Waals surface area contributed by atoms with E-state index in [1.165, 1.54) is 22.2 Å². The Morgan fingerprint density at radius 2 is 1.75 bits per heavy atom. The second kappa shape index (κ2) is 8.87. The summed E-state index contributed by atoms with van der Waals surface area (Å²) in [5.41, 5.74) is 4.74. The van der Waals surface area contributed by atoms with Gasteiger partial charge in [-0.3, -0.25) is 9.69 Å². The molecular formula is C26H31N3O3. The molecule has 168 valence electrons. The van der Waals surface area contributed by atoms with Crippen LogP contribution in [0.3, 0.4) is 0 Å². The minimum absolute atomic E-state index is 0.0568. The van der Waals surface area contributed by atoms with Crippen LogP contribution in [0.5, 0.6) is 11.5 Å². The van der Waals surface area contributed by atoms with Crippen LogP contribution in [0.4, 0.5) is 0 Å². The number of hydrogen-bond acceptors (Lipinski definition) is 4. The Hall–Kier alpha value is -2.99. The number of benzene rings is 2. The molecule has 2 aliphatic rings. The molecule has 2 aromatic carbocycles. The fourth-order valence-electron chi connectivity index (χ4n) is 5.20. The molecule has 1 fully saturated rings. The van der Waals surface area contributed by atoms with Gasteiger partial charge in [0.25, 0.3) is 5.91 Å². The Morgan fingerprint density at radius 3 is 2.47 bits per heavy atom. The fraction of sp³-hybridized carbons (Fsp3) is 0.423. The quantitative estimate of drug-likeness (QED) is 0.658. The van der Waals surface area contributed by atoms with E-state index in [-0.39, 0.29) is 5.91 Å². The number of piperidine rings is 1. The summed E-state index contributed by atoms with van der Waals surface area (Å²) in [6.07, 6.45) is 3.19. The molecule has 6 nitrogen and oxygen atoms in total. The molecule has 0 saturated carbocycles. The lowest BCUT2D eigenvalue weighted by atomic mass is 9.94. The first-order valence-corrected chi connectivity index (χ1v) is 11.5. The number of ether oxygens (including phenoxy) is 2. The highest BCUT2D eigenvalue weighted by atomic mass is 16.5. The van der Waals surface area contributed by atoms with Crippen molar-refractivity contribution in [1.29, 1.82) is 0 Å². The van der Waals surface area contributed by atoms with E-state index in [1.54, 1.807) is 32.4 Å². The third-order valence-corrected chi connectivity index (χ3v) is 6.98. The molecule has 0 bridgehead atoms. The van der Waals surface area contributed by atoms with E-state index in [0.717, 1.165) is 52.0 Å². The summed E-state index contributed by atoms with van der Waals surface area (Å²) in [6.45, 7) is 4.80. The number of aromatic nitrogens is 1. The third-order valence-electron chi connectivity index (χ3n) is 6.98. The number of carbonyl (C=O) groups excluding carboxylic acids is 1. The van der Waals surface area contributed by atoms with Gasteiger partial charge in [0.1, 0.15) is 11.5 Å². The summed E-state index contributed by atoms with van der Waals surface area (Å²) in [6, 6.07) is 14.0. The minimum atomic E-state index is 0.0568. The highest BCUT2D eigenvalue weighted by molar-refractivity contribution is 5.95. The molecule has 0 unspecified atom stereocenters. The van der Waals surface area contributed by atoms with Gasteiger partial charge in [0.15, 0.2) is 0 Å². The lowest BCUT2D eigenvalue weighted by Crippen LogP contribution is -2.42. The second-order valence-corrected chi connectivity index (χ2v) is 8.95. The monoisotopic (exact) mass is 433 g/mol. The Labute approximate surface area is 189 Å². The first-order chi connectivity index (χ1) is 15.6. The van der Waals surface area contributed by atoms with Gasteiger partial charge in [0, 0.05) is 61.0 Å². The SMILES string of the molecule is COc1cc(OC)cc(C(=O)N2CCC(CN3CCc4c([nH]c5ccccc45)C3)CC2)c1. The predicted octanol–water partition coefficient (Wildman–Crippen LogP) is 4.10. The predicted molar refractivity (Wildman–Crippen MR) is 125 cm³/mol. The number of likely N-dealkylation sites (tertiary alicyclic amines) is 1. The van der Waals surface area contributed by atoms with Crippen molar-refractivity contribution in [3.63, 3.8) is 0 Å². The van der Waals surface area contributed by atoms with Crippen molar-refractivity contribution < 1.29 is 14.3 Å². The molecule has 32 heavy (non-hydrogen) atoms. The van der Waals surface area contributed by atoms with Crippen LogP contribution in [-0.2, 0) is 13.0 Å². The van der Waals surface area contributed by atoms with Gasteiger partial charge in [-0.25, -0.2) is 0 Å². The molecule has 1 N–H and O–H groups in total. The summed E-state index contributed by atoms with van der Waals surface area (Å²) in [5.74, 6) is 1.97. The molecule has 0 atom stereocenters.